The number of morpholine rings is 1. The molecule has 0 unspecified atom stereocenters. The first-order chi connectivity index (χ1) is 13.4. The molecular weight excluding hydrogens is 384 g/mol. The number of nitro groups is 1. The maximum Gasteiger partial charge on any atom is 0.270 e. The Labute approximate surface area is 162 Å². The highest BCUT2D eigenvalue weighted by Gasteiger charge is 2.30. The molecule has 0 bridgehead atoms. The van der Waals surface area contributed by atoms with E-state index in [4.69, 9.17) is 4.74 Å². The van der Waals surface area contributed by atoms with Crippen LogP contribution in [0.5, 0.6) is 0 Å². The van der Waals surface area contributed by atoms with Crippen LogP contribution in [0.15, 0.2) is 58.5 Å². The number of hydrazone groups is 1. The summed E-state index contributed by atoms with van der Waals surface area (Å²) in [4.78, 5) is 10.3. The summed E-state index contributed by atoms with van der Waals surface area (Å²) >= 11 is 0. The summed E-state index contributed by atoms with van der Waals surface area (Å²) in [5.74, 6) is 0. The lowest BCUT2D eigenvalue weighted by Crippen LogP contribution is -2.40. The van der Waals surface area contributed by atoms with E-state index in [1.807, 2.05) is 30.3 Å². The predicted molar refractivity (Wildman–Crippen MR) is 105 cm³/mol. The first kappa shape index (κ1) is 19.9. The number of nitro benzene ring substituents is 1. The fraction of sp³-hybridized carbons (Fsp3) is 0.278. The Bertz CT molecular complexity index is 986. The van der Waals surface area contributed by atoms with Gasteiger partial charge in [0.05, 0.1) is 29.5 Å². The number of ether oxygens (including phenoxy) is 1. The van der Waals surface area contributed by atoms with E-state index in [9.17, 15) is 18.5 Å². The van der Waals surface area contributed by atoms with Crippen LogP contribution in [-0.4, -0.2) is 49.7 Å². The van der Waals surface area contributed by atoms with Crippen LogP contribution in [0.2, 0.25) is 0 Å². The van der Waals surface area contributed by atoms with Gasteiger partial charge in [-0.15, -0.1) is 0 Å². The highest BCUT2D eigenvalue weighted by atomic mass is 32.2. The van der Waals surface area contributed by atoms with Crippen molar-refractivity contribution in [2.45, 2.75) is 11.8 Å². The number of hydrogen-bond donors (Lipinski definition) is 1. The van der Waals surface area contributed by atoms with Crippen molar-refractivity contribution in [3.05, 3.63) is 64.2 Å². The predicted octanol–water partition coefficient (Wildman–Crippen LogP) is 2.45. The van der Waals surface area contributed by atoms with Gasteiger partial charge in [0.2, 0.25) is 10.0 Å². The zero-order chi connectivity index (χ0) is 20.1. The molecule has 2 aromatic rings. The zero-order valence-electron chi connectivity index (χ0n) is 15.2. The number of sulfonamides is 1. The molecule has 28 heavy (non-hydrogen) atoms. The van der Waals surface area contributed by atoms with E-state index in [1.54, 1.807) is 6.92 Å². The Balaban J connectivity index is 1.98. The lowest BCUT2D eigenvalue weighted by Gasteiger charge is -2.26. The van der Waals surface area contributed by atoms with E-state index in [0.717, 1.165) is 11.6 Å². The van der Waals surface area contributed by atoms with E-state index < -0.39 is 14.9 Å². The molecule has 0 aliphatic carbocycles. The summed E-state index contributed by atoms with van der Waals surface area (Å²) in [6.07, 6.45) is 0. The van der Waals surface area contributed by atoms with Crippen molar-refractivity contribution in [1.82, 2.24) is 4.31 Å². The van der Waals surface area contributed by atoms with Crippen LogP contribution in [0.1, 0.15) is 12.5 Å². The largest absolute Gasteiger partial charge is 0.379 e. The standard InChI is InChI=1S/C18H20N4O5S/c1-14(15-5-3-2-4-6-15)19-20-17-8-7-16(22(23)24)13-18(17)28(25,26)21-9-11-27-12-10-21/h2-8,13,20H,9-12H2,1H3/b19-14-. The van der Waals surface area contributed by atoms with Gasteiger partial charge in [-0.05, 0) is 18.6 Å². The van der Waals surface area contributed by atoms with Crippen LogP contribution in [0.3, 0.4) is 0 Å². The van der Waals surface area contributed by atoms with E-state index in [2.05, 4.69) is 10.5 Å². The maximum absolute atomic E-state index is 13.1. The molecule has 0 aromatic heterocycles. The topological polar surface area (TPSA) is 114 Å². The van der Waals surface area contributed by atoms with Gasteiger partial charge in [-0.1, -0.05) is 30.3 Å². The van der Waals surface area contributed by atoms with Crippen molar-refractivity contribution in [2.75, 3.05) is 31.7 Å². The van der Waals surface area contributed by atoms with Crippen molar-refractivity contribution in [3.8, 4) is 0 Å². The number of nitrogens with zero attached hydrogens (tertiary/aromatic N) is 3. The second kappa shape index (κ2) is 8.46. The van der Waals surface area contributed by atoms with Gasteiger partial charge >= 0.3 is 0 Å². The van der Waals surface area contributed by atoms with Crippen LogP contribution in [0.25, 0.3) is 0 Å². The minimum Gasteiger partial charge on any atom is -0.379 e. The molecule has 0 saturated carbocycles. The molecule has 1 fully saturated rings. The molecule has 1 N–H and O–H groups in total. The average molecular weight is 404 g/mol. The second-order valence-electron chi connectivity index (χ2n) is 6.13. The van der Waals surface area contributed by atoms with Crippen LogP contribution in [-0.2, 0) is 14.8 Å². The summed E-state index contributed by atoms with van der Waals surface area (Å²) in [6, 6.07) is 13.0. The molecule has 148 valence electrons. The van der Waals surface area contributed by atoms with E-state index >= 15 is 0 Å². The normalized spacial score (nSPS) is 16.0. The van der Waals surface area contributed by atoms with Gasteiger partial charge in [-0.3, -0.25) is 15.5 Å². The van der Waals surface area contributed by atoms with E-state index in [0.29, 0.717) is 5.71 Å². The van der Waals surface area contributed by atoms with Crippen LogP contribution in [0.4, 0.5) is 11.4 Å². The molecule has 0 atom stereocenters. The van der Waals surface area contributed by atoms with Crippen LogP contribution < -0.4 is 5.43 Å². The first-order valence-corrected chi connectivity index (χ1v) is 10.1. The monoisotopic (exact) mass is 404 g/mol. The Morgan fingerprint density at radius 1 is 1.18 bits per heavy atom. The highest BCUT2D eigenvalue weighted by Crippen LogP contribution is 2.29. The number of rotatable bonds is 6. The highest BCUT2D eigenvalue weighted by molar-refractivity contribution is 7.89. The molecule has 0 radical (unpaired) electrons. The maximum atomic E-state index is 13.1. The lowest BCUT2D eigenvalue weighted by atomic mass is 10.1. The average Bonchev–Trinajstić information content (AvgIpc) is 2.73. The van der Waals surface area contributed by atoms with Crippen molar-refractivity contribution in [3.63, 3.8) is 0 Å². The van der Waals surface area contributed by atoms with Crippen LogP contribution in [0, 0.1) is 10.1 Å². The third-order valence-electron chi connectivity index (χ3n) is 4.30. The molecule has 2 aromatic carbocycles. The lowest BCUT2D eigenvalue weighted by molar-refractivity contribution is -0.385. The first-order valence-electron chi connectivity index (χ1n) is 8.61. The fourth-order valence-electron chi connectivity index (χ4n) is 2.74. The molecule has 10 heteroatoms. The number of non-ortho nitro benzene ring substituents is 1. The SMILES string of the molecule is C/C(=N/Nc1ccc([N+](=O)[O-])cc1S(=O)(=O)N1CCOCC1)c1ccccc1. The summed E-state index contributed by atoms with van der Waals surface area (Å²) in [6.45, 7) is 2.72. The second-order valence-corrected chi connectivity index (χ2v) is 8.04. The molecule has 1 aliphatic rings. The molecule has 1 saturated heterocycles. The quantitative estimate of drug-likeness (QED) is 0.449. The molecular formula is C18H20N4O5S. The Morgan fingerprint density at radius 3 is 2.50 bits per heavy atom. The van der Waals surface area contributed by atoms with Gasteiger partial charge in [-0.2, -0.15) is 9.41 Å². The summed E-state index contributed by atoms with van der Waals surface area (Å²) in [5.41, 5.74) is 4.14. The Hall–Kier alpha value is -2.82. The van der Waals surface area contributed by atoms with Gasteiger partial charge < -0.3 is 4.74 Å². The number of benzene rings is 2. The van der Waals surface area contributed by atoms with Crippen molar-refractivity contribution in [1.29, 1.82) is 0 Å². The van der Waals surface area contributed by atoms with Gasteiger partial charge in [0.25, 0.3) is 5.69 Å². The van der Waals surface area contributed by atoms with Gasteiger partial charge in [0, 0.05) is 25.2 Å². The van der Waals surface area contributed by atoms with Crippen molar-refractivity contribution >= 4 is 27.1 Å². The Morgan fingerprint density at radius 2 is 1.86 bits per heavy atom. The van der Waals surface area contributed by atoms with Gasteiger partial charge in [-0.25, -0.2) is 8.42 Å². The minimum atomic E-state index is -3.94. The molecule has 1 heterocycles. The minimum absolute atomic E-state index is 0.173. The van der Waals surface area contributed by atoms with E-state index in [-0.39, 0.29) is 42.6 Å². The molecule has 9 nitrogen and oxygen atoms in total. The smallest absolute Gasteiger partial charge is 0.270 e. The van der Waals surface area contributed by atoms with Crippen LogP contribution >= 0.6 is 0 Å². The van der Waals surface area contributed by atoms with Gasteiger partial charge in [0.15, 0.2) is 0 Å². The number of anilines is 1. The molecule has 0 amide bonds. The third kappa shape index (κ3) is 4.35. The Kier molecular flexibility index (Phi) is 6.02. The summed E-state index contributed by atoms with van der Waals surface area (Å²) in [5, 5.41) is 15.4. The fourth-order valence-corrected chi connectivity index (χ4v) is 4.31. The number of hydrogen-bond acceptors (Lipinski definition) is 7. The molecule has 1 aliphatic heterocycles. The van der Waals surface area contributed by atoms with Crippen molar-refractivity contribution in [2.24, 2.45) is 5.10 Å². The zero-order valence-corrected chi connectivity index (χ0v) is 16.1. The summed E-state index contributed by atoms with van der Waals surface area (Å²) < 4.78 is 32.6. The summed E-state index contributed by atoms with van der Waals surface area (Å²) in [7, 11) is -3.94. The van der Waals surface area contributed by atoms with Gasteiger partial charge in [0.1, 0.15) is 4.90 Å². The third-order valence-corrected chi connectivity index (χ3v) is 6.24. The molecule has 3 rings (SSSR count). The van der Waals surface area contributed by atoms with E-state index in [1.165, 1.54) is 16.4 Å². The molecule has 0 spiro atoms. The van der Waals surface area contributed by atoms with Crippen molar-refractivity contribution < 1.29 is 18.1 Å². The number of nitrogens with one attached hydrogen (secondary N) is 1.